The lowest BCUT2D eigenvalue weighted by molar-refractivity contribution is 0.226. The lowest BCUT2D eigenvalue weighted by Gasteiger charge is -2.18. The third-order valence-corrected chi connectivity index (χ3v) is 6.39. The van der Waals surface area contributed by atoms with Gasteiger partial charge in [0.1, 0.15) is 35.6 Å². The predicted octanol–water partition coefficient (Wildman–Crippen LogP) is 6.90. The van der Waals surface area contributed by atoms with Crippen molar-refractivity contribution in [2.45, 2.75) is 22.8 Å². The maximum absolute atomic E-state index is 13.7. The van der Waals surface area contributed by atoms with E-state index in [0.717, 1.165) is 26.4 Å². The van der Waals surface area contributed by atoms with E-state index in [9.17, 15) is 9.50 Å². The molecule has 3 aromatic carbocycles. The molecule has 0 fully saturated rings. The normalized spacial score (nSPS) is 11.8. The molecule has 5 aromatic rings. The summed E-state index contributed by atoms with van der Waals surface area (Å²) >= 11 is 1.54. The van der Waals surface area contributed by atoms with Crippen LogP contribution in [0.1, 0.15) is 18.6 Å². The second-order valence-corrected chi connectivity index (χ2v) is 8.91. The number of anilines is 2. The number of fused-ring (bicyclic) bond motifs is 1. The predicted molar refractivity (Wildman–Crippen MR) is 135 cm³/mol. The highest BCUT2D eigenvalue weighted by Crippen LogP contribution is 2.39. The van der Waals surface area contributed by atoms with Crippen LogP contribution in [-0.4, -0.2) is 20.1 Å². The first-order valence-electron chi connectivity index (χ1n) is 10.9. The van der Waals surface area contributed by atoms with E-state index in [2.05, 4.69) is 20.3 Å². The van der Waals surface area contributed by atoms with Crippen molar-refractivity contribution in [3.05, 3.63) is 103 Å². The summed E-state index contributed by atoms with van der Waals surface area (Å²) in [7, 11) is 0. The molecule has 0 bridgehead atoms. The van der Waals surface area contributed by atoms with Gasteiger partial charge in [0.2, 0.25) is 0 Å². The minimum Gasteiger partial charge on any atom is -0.508 e. The molecule has 0 aliphatic carbocycles. The summed E-state index contributed by atoms with van der Waals surface area (Å²) < 4.78 is 19.8. The number of aromatic hydroxyl groups is 1. The van der Waals surface area contributed by atoms with E-state index in [1.165, 1.54) is 30.2 Å². The van der Waals surface area contributed by atoms with E-state index < -0.39 is 0 Å². The van der Waals surface area contributed by atoms with Gasteiger partial charge in [-0.2, -0.15) is 0 Å². The Bertz CT molecular complexity index is 1480. The molecule has 35 heavy (non-hydrogen) atoms. The van der Waals surface area contributed by atoms with Crippen molar-refractivity contribution in [1.82, 2.24) is 15.0 Å². The Morgan fingerprint density at radius 3 is 2.63 bits per heavy atom. The van der Waals surface area contributed by atoms with Gasteiger partial charge in [-0.05, 0) is 73.2 Å². The monoisotopic (exact) mass is 484 g/mol. The van der Waals surface area contributed by atoms with Crippen LogP contribution in [0.25, 0.3) is 11.0 Å². The molecule has 0 aliphatic rings. The number of aromatic nitrogens is 3. The molecular weight excluding hydrogens is 463 g/mol. The van der Waals surface area contributed by atoms with E-state index in [1.807, 2.05) is 55.5 Å². The summed E-state index contributed by atoms with van der Waals surface area (Å²) in [6.45, 7) is 1.88. The summed E-state index contributed by atoms with van der Waals surface area (Å²) in [5, 5.41) is 13.8. The zero-order chi connectivity index (χ0) is 24.2. The highest BCUT2D eigenvalue weighted by atomic mass is 32.2. The van der Waals surface area contributed by atoms with Crippen LogP contribution >= 0.6 is 11.8 Å². The summed E-state index contributed by atoms with van der Waals surface area (Å²) in [6.07, 6.45) is 2.81. The quantitative estimate of drug-likeness (QED) is 0.260. The molecule has 2 heterocycles. The van der Waals surface area contributed by atoms with Crippen molar-refractivity contribution < 1.29 is 14.2 Å². The molecule has 6 nitrogen and oxygen atoms in total. The molecule has 2 N–H and O–H groups in total. The Kier molecular flexibility index (Phi) is 6.45. The molecule has 0 radical (unpaired) electrons. The van der Waals surface area contributed by atoms with Gasteiger partial charge in [0.05, 0.1) is 11.1 Å². The number of nitrogens with one attached hydrogen (secondary N) is 1. The summed E-state index contributed by atoms with van der Waals surface area (Å²) in [4.78, 5) is 14.8. The van der Waals surface area contributed by atoms with Crippen molar-refractivity contribution in [2.75, 3.05) is 5.32 Å². The number of pyridine rings is 1. The number of phenols is 1. The first kappa shape index (κ1) is 22.6. The van der Waals surface area contributed by atoms with Crippen LogP contribution in [0.5, 0.6) is 11.5 Å². The zero-order valence-corrected chi connectivity index (χ0v) is 19.5. The second-order valence-electron chi connectivity index (χ2n) is 7.79. The van der Waals surface area contributed by atoms with Crippen molar-refractivity contribution in [3.63, 3.8) is 0 Å². The van der Waals surface area contributed by atoms with Crippen LogP contribution in [-0.2, 0) is 0 Å². The van der Waals surface area contributed by atoms with Crippen LogP contribution in [0.4, 0.5) is 15.9 Å². The zero-order valence-electron chi connectivity index (χ0n) is 18.7. The Balaban J connectivity index is 1.49. The number of nitrogens with zero attached hydrogens (tertiary/aromatic N) is 3. The molecule has 8 heteroatoms. The lowest BCUT2D eigenvalue weighted by Crippen LogP contribution is -2.04. The number of halogens is 1. The van der Waals surface area contributed by atoms with Crippen molar-refractivity contribution in [1.29, 1.82) is 0 Å². The molecule has 0 saturated heterocycles. The van der Waals surface area contributed by atoms with Gasteiger partial charge in [0.15, 0.2) is 5.65 Å². The van der Waals surface area contributed by atoms with E-state index in [4.69, 9.17) is 4.74 Å². The molecule has 2 aromatic heterocycles. The number of phenolic OH excluding ortho intramolecular Hbond substituents is 1. The smallest absolute Gasteiger partial charge is 0.164 e. The largest absolute Gasteiger partial charge is 0.508 e. The van der Waals surface area contributed by atoms with Gasteiger partial charge in [-0.1, -0.05) is 23.9 Å². The summed E-state index contributed by atoms with van der Waals surface area (Å²) in [5.74, 6) is 1.15. The molecule has 0 saturated carbocycles. The number of ether oxygens (including phenoxy) is 1. The molecular formula is C27H21FN4O2S. The first-order valence-corrected chi connectivity index (χ1v) is 11.7. The Labute approximate surface area is 205 Å². The fraction of sp³-hybridized carbons (Fsp3) is 0.0741. The lowest BCUT2D eigenvalue weighted by atomic mass is 10.1. The van der Waals surface area contributed by atoms with Gasteiger partial charge in [0.25, 0.3) is 0 Å². The fourth-order valence-corrected chi connectivity index (χ4v) is 4.45. The summed E-state index contributed by atoms with van der Waals surface area (Å²) in [6, 6.07) is 22.9. The van der Waals surface area contributed by atoms with E-state index in [0.29, 0.717) is 17.2 Å². The number of hydrogen-bond acceptors (Lipinski definition) is 7. The van der Waals surface area contributed by atoms with Gasteiger partial charge >= 0.3 is 0 Å². The topological polar surface area (TPSA) is 80.2 Å². The van der Waals surface area contributed by atoms with Crippen molar-refractivity contribution >= 4 is 34.3 Å². The Morgan fingerprint density at radius 1 is 0.943 bits per heavy atom. The first-order chi connectivity index (χ1) is 17.0. The fourth-order valence-electron chi connectivity index (χ4n) is 3.56. The number of benzene rings is 3. The van der Waals surface area contributed by atoms with Crippen molar-refractivity contribution in [2.24, 2.45) is 0 Å². The number of hydrogen-bond donors (Lipinski definition) is 2. The molecule has 5 rings (SSSR count). The van der Waals surface area contributed by atoms with E-state index in [-0.39, 0.29) is 17.7 Å². The van der Waals surface area contributed by atoms with Crippen LogP contribution < -0.4 is 10.1 Å². The maximum Gasteiger partial charge on any atom is 0.164 e. The third kappa shape index (κ3) is 5.33. The second kappa shape index (κ2) is 9.99. The van der Waals surface area contributed by atoms with Gasteiger partial charge in [-0.15, -0.1) is 0 Å². The number of rotatable bonds is 7. The molecule has 1 atom stereocenters. The SMILES string of the molecule is CC(Oc1ccc(Sc2ccc(O)cc2)c(Nc2ncnc3ncccc23)c1)c1cccc(F)c1. The Hall–Kier alpha value is -4.17. The molecule has 174 valence electrons. The molecule has 1 unspecified atom stereocenters. The van der Waals surface area contributed by atoms with Crippen LogP contribution in [0.3, 0.4) is 0 Å². The van der Waals surface area contributed by atoms with Crippen LogP contribution in [0.15, 0.2) is 101 Å². The van der Waals surface area contributed by atoms with Crippen LogP contribution in [0.2, 0.25) is 0 Å². The molecule has 0 spiro atoms. The van der Waals surface area contributed by atoms with Gasteiger partial charge in [0, 0.05) is 22.1 Å². The van der Waals surface area contributed by atoms with E-state index >= 15 is 0 Å². The highest BCUT2D eigenvalue weighted by Gasteiger charge is 2.14. The maximum atomic E-state index is 13.7. The molecule has 0 amide bonds. The van der Waals surface area contributed by atoms with Gasteiger partial charge in [-0.25, -0.2) is 19.3 Å². The minimum atomic E-state index is -0.349. The summed E-state index contributed by atoms with van der Waals surface area (Å²) in [5.41, 5.74) is 2.11. The average molecular weight is 485 g/mol. The average Bonchev–Trinajstić information content (AvgIpc) is 2.87. The standard InChI is InChI=1S/C27H21FN4O2S/c1-17(18-4-2-5-19(28)14-18)34-21-9-12-25(35-22-10-7-20(33)8-11-22)24(15-21)32-27-23-6-3-13-29-26(23)30-16-31-27/h2-17,33H,1H3,(H,29,30,31,32). The van der Waals surface area contributed by atoms with Crippen molar-refractivity contribution in [3.8, 4) is 11.5 Å². The van der Waals surface area contributed by atoms with E-state index in [1.54, 1.807) is 24.4 Å². The Morgan fingerprint density at radius 2 is 1.80 bits per heavy atom. The molecule has 0 aliphatic heterocycles. The van der Waals surface area contributed by atoms with Gasteiger partial charge < -0.3 is 15.2 Å². The third-order valence-electron chi connectivity index (χ3n) is 5.31. The van der Waals surface area contributed by atoms with Gasteiger partial charge in [-0.3, -0.25) is 0 Å². The van der Waals surface area contributed by atoms with Crippen LogP contribution in [0, 0.1) is 5.82 Å². The minimum absolute atomic E-state index is 0.211. The highest BCUT2D eigenvalue weighted by molar-refractivity contribution is 7.99.